The molecule has 5 aromatic rings. The van der Waals surface area contributed by atoms with E-state index in [1.807, 2.05) is 66.0 Å². The molecule has 0 spiro atoms. The molecule has 3 heterocycles. The first-order valence-corrected chi connectivity index (χ1v) is 11.4. The molecule has 0 aliphatic carbocycles. The summed E-state index contributed by atoms with van der Waals surface area (Å²) in [7, 11) is 0. The molecule has 0 saturated heterocycles. The van der Waals surface area contributed by atoms with Gasteiger partial charge in [-0.1, -0.05) is 36.4 Å². The second kappa shape index (κ2) is 8.29. The van der Waals surface area contributed by atoms with Gasteiger partial charge in [0.05, 0.1) is 4.88 Å². The maximum Gasteiger partial charge on any atom is 0.275 e. The molecule has 0 aliphatic rings. The summed E-state index contributed by atoms with van der Waals surface area (Å²) < 4.78 is 0. The van der Waals surface area contributed by atoms with Gasteiger partial charge < -0.3 is 10.3 Å². The van der Waals surface area contributed by atoms with Crippen molar-refractivity contribution >= 4 is 45.0 Å². The van der Waals surface area contributed by atoms with Crippen molar-refractivity contribution in [1.29, 1.82) is 0 Å². The average molecular weight is 444 g/mol. The quantitative estimate of drug-likeness (QED) is 0.374. The van der Waals surface area contributed by atoms with Gasteiger partial charge in [-0.05, 0) is 52.6 Å². The minimum absolute atomic E-state index is 0.0921. The summed E-state index contributed by atoms with van der Waals surface area (Å²) >= 11 is 3.07. The maximum absolute atomic E-state index is 12.7. The molecule has 0 atom stereocenters. The van der Waals surface area contributed by atoms with E-state index in [4.69, 9.17) is 0 Å². The van der Waals surface area contributed by atoms with Gasteiger partial charge in [0.15, 0.2) is 0 Å². The molecule has 31 heavy (non-hydrogen) atoms. The third-order valence-electron chi connectivity index (χ3n) is 4.94. The van der Waals surface area contributed by atoms with Gasteiger partial charge in [0.2, 0.25) is 0 Å². The largest absolute Gasteiger partial charge is 0.328 e. The number of aromatic amines is 1. The highest BCUT2D eigenvalue weighted by atomic mass is 32.1. The molecule has 0 unspecified atom stereocenters. The Bertz CT molecular complexity index is 1430. The lowest BCUT2D eigenvalue weighted by Gasteiger charge is -2.09. The van der Waals surface area contributed by atoms with Crippen molar-refractivity contribution in [2.24, 2.45) is 0 Å². The van der Waals surface area contributed by atoms with Crippen LogP contribution in [0.2, 0.25) is 0 Å². The number of fused-ring (bicyclic) bond motifs is 1. The number of carbonyl (C=O) groups is 1. The predicted octanol–water partition coefficient (Wildman–Crippen LogP) is 5.56. The lowest BCUT2D eigenvalue weighted by Crippen LogP contribution is -2.12. The summed E-state index contributed by atoms with van der Waals surface area (Å²) in [6.45, 7) is 0. The number of H-pyrrole nitrogens is 1. The van der Waals surface area contributed by atoms with Gasteiger partial charge in [0, 0.05) is 22.7 Å². The van der Waals surface area contributed by atoms with Crippen LogP contribution in [-0.4, -0.2) is 15.9 Å². The van der Waals surface area contributed by atoms with E-state index in [1.54, 1.807) is 22.9 Å². The molecule has 0 fully saturated rings. The van der Waals surface area contributed by atoms with Gasteiger partial charge >= 0.3 is 0 Å². The SMILES string of the molecule is O=C(Nc1cccc(Cc2c[nH]c(=O)c3ccccc23)c1)c1csc(-c2cccs2)n1. The highest BCUT2D eigenvalue weighted by molar-refractivity contribution is 7.20. The number of rotatable bonds is 5. The van der Waals surface area contributed by atoms with Gasteiger partial charge in [0.1, 0.15) is 10.7 Å². The summed E-state index contributed by atoms with van der Waals surface area (Å²) in [6.07, 6.45) is 2.40. The van der Waals surface area contributed by atoms with Crippen LogP contribution >= 0.6 is 22.7 Å². The first-order valence-electron chi connectivity index (χ1n) is 9.66. The Morgan fingerprint density at radius 3 is 2.71 bits per heavy atom. The van der Waals surface area contributed by atoms with E-state index in [0.717, 1.165) is 26.4 Å². The zero-order valence-corrected chi connectivity index (χ0v) is 17.9. The van der Waals surface area contributed by atoms with Crippen LogP contribution in [0, 0.1) is 0 Å². The van der Waals surface area contributed by atoms with E-state index < -0.39 is 0 Å². The smallest absolute Gasteiger partial charge is 0.275 e. The van der Waals surface area contributed by atoms with Crippen molar-refractivity contribution in [3.05, 3.63) is 105 Å². The molecular weight excluding hydrogens is 426 g/mol. The van der Waals surface area contributed by atoms with Crippen molar-refractivity contribution in [2.45, 2.75) is 6.42 Å². The van der Waals surface area contributed by atoms with E-state index in [2.05, 4.69) is 15.3 Å². The van der Waals surface area contributed by atoms with Crippen LogP contribution in [0.25, 0.3) is 20.7 Å². The number of benzene rings is 2. The maximum atomic E-state index is 12.7. The van der Waals surface area contributed by atoms with E-state index >= 15 is 0 Å². The number of amides is 1. The molecule has 0 saturated carbocycles. The molecule has 0 aliphatic heterocycles. The van der Waals surface area contributed by atoms with Crippen LogP contribution in [0.1, 0.15) is 21.6 Å². The van der Waals surface area contributed by atoms with Crippen molar-refractivity contribution in [3.8, 4) is 9.88 Å². The Morgan fingerprint density at radius 2 is 1.87 bits per heavy atom. The van der Waals surface area contributed by atoms with Gasteiger partial charge in [-0.3, -0.25) is 9.59 Å². The Kier molecular flexibility index (Phi) is 5.19. The standard InChI is InChI=1S/C24H17N3O2S2/c28-22-19-8-2-1-7-18(19)16(13-25-22)11-15-5-3-6-17(12-15)26-23(29)20-14-31-24(27-20)21-9-4-10-30-21/h1-10,12-14H,11H2,(H,25,28)(H,26,29). The van der Waals surface area contributed by atoms with Crippen LogP contribution in [0.4, 0.5) is 5.69 Å². The normalized spacial score (nSPS) is 11.0. The zero-order chi connectivity index (χ0) is 21.2. The van der Waals surface area contributed by atoms with Gasteiger partial charge in [-0.2, -0.15) is 0 Å². The number of nitrogens with one attached hydrogen (secondary N) is 2. The summed E-state index contributed by atoms with van der Waals surface area (Å²) in [5.41, 5.74) is 3.09. The number of thiazole rings is 1. The molecule has 2 N–H and O–H groups in total. The summed E-state index contributed by atoms with van der Waals surface area (Å²) in [6, 6.07) is 19.3. The fourth-order valence-electron chi connectivity index (χ4n) is 3.48. The number of hydrogen-bond donors (Lipinski definition) is 2. The topological polar surface area (TPSA) is 74.8 Å². The molecule has 3 aromatic heterocycles. The first kappa shape index (κ1) is 19.4. The molecular formula is C24H17N3O2S2. The molecule has 152 valence electrons. The zero-order valence-electron chi connectivity index (χ0n) is 16.3. The Hall–Kier alpha value is -3.55. The Balaban J connectivity index is 1.36. The van der Waals surface area contributed by atoms with Crippen molar-refractivity contribution in [3.63, 3.8) is 0 Å². The number of hydrogen-bond acceptors (Lipinski definition) is 5. The number of pyridine rings is 1. The number of anilines is 1. The monoisotopic (exact) mass is 443 g/mol. The van der Waals surface area contributed by atoms with E-state index in [0.29, 0.717) is 23.2 Å². The second-order valence-electron chi connectivity index (χ2n) is 7.04. The fourth-order valence-corrected chi connectivity index (χ4v) is 5.10. The molecule has 5 nitrogen and oxygen atoms in total. The average Bonchev–Trinajstić information content (AvgIpc) is 3.48. The Labute approximate surface area is 186 Å². The summed E-state index contributed by atoms with van der Waals surface area (Å²) in [4.78, 5) is 33.1. The molecule has 2 aromatic carbocycles. The molecule has 0 bridgehead atoms. The molecule has 5 rings (SSSR count). The number of thiophene rings is 1. The second-order valence-corrected chi connectivity index (χ2v) is 8.84. The molecule has 7 heteroatoms. The van der Waals surface area contributed by atoms with Crippen molar-refractivity contribution in [1.82, 2.24) is 9.97 Å². The fraction of sp³-hybridized carbons (Fsp3) is 0.0417. The van der Waals surface area contributed by atoms with Crippen LogP contribution in [0.3, 0.4) is 0 Å². The molecule has 0 radical (unpaired) electrons. The number of aromatic nitrogens is 2. The lowest BCUT2D eigenvalue weighted by atomic mass is 10.0. The third-order valence-corrected chi connectivity index (χ3v) is 6.82. The van der Waals surface area contributed by atoms with Gasteiger partial charge in [0.25, 0.3) is 11.5 Å². The van der Waals surface area contributed by atoms with Gasteiger partial charge in [-0.15, -0.1) is 22.7 Å². The highest BCUT2D eigenvalue weighted by Crippen LogP contribution is 2.28. The van der Waals surface area contributed by atoms with Crippen LogP contribution in [-0.2, 0) is 6.42 Å². The summed E-state index contributed by atoms with van der Waals surface area (Å²) in [5.74, 6) is -0.231. The van der Waals surface area contributed by atoms with Crippen LogP contribution in [0.15, 0.2) is 82.4 Å². The Morgan fingerprint density at radius 1 is 1.00 bits per heavy atom. The minimum Gasteiger partial charge on any atom is -0.328 e. The first-order chi connectivity index (χ1) is 15.2. The van der Waals surface area contributed by atoms with Crippen LogP contribution in [0.5, 0.6) is 0 Å². The number of carbonyl (C=O) groups excluding carboxylic acids is 1. The highest BCUT2D eigenvalue weighted by Gasteiger charge is 2.13. The lowest BCUT2D eigenvalue weighted by molar-refractivity contribution is 0.102. The van der Waals surface area contributed by atoms with Gasteiger partial charge in [-0.25, -0.2) is 4.98 Å². The predicted molar refractivity (Wildman–Crippen MR) is 127 cm³/mol. The van der Waals surface area contributed by atoms with E-state index in [-0.39, 0.29) is 11.5 Å². The van der Waals surface area contributed by atoms with Crippen molar-refractivity contribution < 1.29 is 4.79 Å². The molecule has 1 amide bonds. The van der Waals surface area contributed by atoms with Crippen LogP contribution < -0.4 is 10.9 Å². The van der Waals surface area contributed by atoms with Crippen molar-refractivity contribution in [2.75, 3.05) is 5.32 Å². The number of nitrogens with zero attached hydrogens (tertiary/aromatic N) is 1. The third kappa shape index (κ3) is 4.05. The van der Waals surface area contributed by atoms with E-state index in [9.17, 15) is 9.59 Å². The minimum atomic E-state index is -0.231. The summed E-state index contributed by atoms with van der Waals surface area (Å²) in [5, 5.41) is 9.17. The van der Waals surface area contributed by atoms with E-state index in [1.165, 1.54) is 11.3 Å².